The van der Waals surface area contributed by atoms with E-state index >= 15 is 0 Å². The molecule has 0 unspecified atom stereocenters. The minimum absolute atomic E-state index is 0.00130. The molecule has 102 heavy (non-hydrogen) atoms. The SMILES string of the molecule is CC(=O)N[C@@H](CO)C(=O)N[C@@H](CCCCN)C(=O)N[C@@H](CO)C(=O)NCC(=O)NCC(=O)NCC(=O)NCC(=O)N[C@@H](CO)C(=O)N[C@@H](Cc1ccc(O)cc1)C(=O)N[C@@H](CO)C(=O)NCC(=O)NCC(=O)NCC(=O)NCC(=O)N[C@@H](CO)C(=O)N[C@@H](CCCCN)C(=O)N[C@@H](CO)C(N)=O. The smallest absolute Gasteiger partial charge is 0.245 e. The average molecular weight is 1460 g/mol. The molecule has 18 amide bonds. The molecule has 0 aliphatic heterocycles. The zero-order chi connectivity index (χ0) is 76.9. The Bertz CT molecular complexity index is 3040. The van der Waals surface area contributed by atoms with Gasteiger partial charge in [0.15, 0.2) is 0 Å². The minimum atomic E-state index is -1.81. The molecule has 0 fully saturated rings. The van der Waals surface area contributed by atoms with Gasteiger partial charge in [0.05, 0.1) is 92.0 Å². The number of carbonyl (C=O) groups is 18. The molecule has 1 rings (SSSR count). The van der Waals surface area contributed by atoms with Crippen molar-refractivity contribution < 1.29 is 122 Å². The van der Waals surface area contributed by atoms with Crippen LogP contribution in [0.3, 0.4) is 0 Å². The summed E-state index contributed by atoms with van der Waals surface area (Å²) in [7, 11) is 0. The van der Waals surface area contributed by atoms with Gasteiger partial charge in [-0.05, 0) is 69.3 Å². The van der Waals surface area contributed by atoms with E-state index in [1.807, 2.05) is 0 Å². The first-order valence-electron chi connectivity index (χ1n) is 31.4. The first-order valence-corrected chi connectivity index (χ1v) is 31.4. The largest absolute Gasteiger partial charge is 0.508 e. The third-order valence-electron chi connectivity index (χ3n) is 13.7. The van der Waals surface area contributed by atoms with Crippen molar-refractivity contribution in [2.24, 2.45) is 17.2 Å². The van der Waals surface area contributed by atoms with Gasteiger partial charge in [0.2, 0.25) is 106 Å². The van der Waals surface area contributed by atoms with Crippen LogP contribution in [0.25, 0.3) is 0 Å². The number of phenols is 1. The van der Waals surface area contributed by atoms with Crippen molar-refractivity contribution in [2.45, 2.75) is 106 Å². The van der Waals surface area contributed by atoms with E-state index in [-0.39, 0.29) is 38.1 Å². The topological polar surface area (TPSA) is 731 Å². The van der Waals surface area contributed by atoms with Gasteiger partial charge in [-0.2, -0.15) is 0 Å². The Hall–Kier alpha value is -10.8. The Balaban J connectivity index is 2.73. The Morgan fingerprint density at radius 3 is 0.873 bits per heavy atom. The van der Waals surface area contributed by atoms with Gasteiger partial charge in [0.1, 0.15) is 60.1 Å². The van der Waals surface area contributed by atoms with Crippen molar-refractivity contribution in [3.05, 3.63) is 29.8 Å². The lowest BCUT2D eigenvalue weighted by Gasteiger charge is -2.24. The van der Waals surface area contributed by atoms with Crippen molar-refractivity contribution in [1.29, 1.82) is 0 Å². The van der Waals surface area contributed by atoms with Gasteiger partial charge in [0, 0.05) is 13.3 Å². The van der Waals surface area contributed by atoms with Crippen LogP contribution in [-0.4, -0.2) is 302 Å². The Kier molecular flexibility index (Phi) is 43.4. The summed E-state index contributed by atoms with van der Waals surface area (Å²) < 4.78 is 0. The number of hydrogen-bond donors (Lipinski definition) is 27. The van der Waals surface area contributed by atoms with E-state index < -0.39 is 253 Å². The normalized spacial score (nSPS) is 13.3. The first kappa shape index (κ1) is 89.2. The Morgan fingerprint density at radius 1 is 0.314 bits per heavy atom. The molecule has 45 heteroatoms. The van der Waals surface area contributed by atoms with E-state index in [1.165, 1.54) is 24.3 Å². The number of unbranched alkanes of at least 4 members (excludes halogenated alkanes) is 2. The van der Waals surface area contributed by atoms with Crippen LogP contribution in [0.15, 0.2) is 24.3 Å². The fourth-order valence-electron chi connectivity index (χ4n) is 8.18. The highest BCUT2D eigenvalue weighted by Gasteiger charge is 2.33. The molecular formula is C57H92N20O25. The van der Waals surface area contributed by atoms with Crippen LogP contribution >= 0.6 is 0 Å². The molecular weight excluding hydrogens is 1360 g/mol. The number of phenolic OH excluding ortho intramolecular Hbond substituents is 1. The van der Waals surface area contributed by atoms with E-state index in [9.17, 15) is 122 Å². The number of nitrogens with one attached hydrogen (secondary N) is 17. The second kappa shape index (κ2) is 49.6. The lowest BCUT2D eigenvalue weighted by molar-refractivity contribution is -0.135. The summed E-state index contributed by atoms with van der Waals surface area (Å²) in [5, 5.41) is 105. The van der Waals surface area contributed by atoms with E-state index in [4.69, 9.17) is 17.2 Å². The maximum atomic E-state index is 13.7. The molecule has 0 radical (unpaired) electrons. The molecule has 0 saturated heterocycles. The predicted molar refractivity (Wildman–Crippen MR) is 346 cm³/mol. The molecule has 0 heterocycles. The molecule has 0 saturated carbocycles. The number of carbonyl (C=O) groups excluding carboxylic acids is 18. The Labute approximate surface area is 581 Å². The standard InChI is InChI=1S/C57H92N20O25/c1-29(84)69-38(26-81)55(100)72-33(7-3-5-13-59)53(98)76-36(24-79)50(95)67-19-45(90)63-15-41(86)62-18-44(89)66-22-48(93)71-40(28-83)57(102)74-34(14-30-8-10-31(85)11-9-30)54(99)77-37(25-80)51(96)68-20-46(91)64-16-42(87)61-17-43(88)65-21-47(92)70-39(27-82)56(101)73-32(6-2-4-12-58)52(97)75-35(23-78)49(60)94/h8-11,32-40,78-83,85H,2-7,12-28,58-59H2,1H3,(H2,60,94)(H,61,87)(H,62,86)(H,63,90)(H,64,91)(H,65,88)(H,66,89)(H,67,95)(H,68,96)(H,69,84)(H,70,92)(H,71,93)(H,72,100)(H,73,101)(H,74,102)(H,75,97)(H,76,98)(H,77,99)/t32-,33-,34-,35-,36-,37-,38-,39-,40-/m0/s1. The summed E-state index contributed by atoms with van der Waals surface area (Å²) in [5.41, 5.74) is 16.4. The number of amides is 18. The maximum Gasteiger partial charge on any atom is 0.245 e. The second-order valence-electron chi connectivity index (χ2n) is 21.9. The number of aliphatic hydroxyl groups is 6. The van der Waals surface area contributed by atoms with Crippen LogP contribution in [0.4, 0.5) is 0 Å². The molecule has 9 atom stereocenters. The van der Waals surface area contributed by atoms with Crippen LogP contribution in [-0.2, 0) is 92.7 Å². The summed E-state index contributed by atoms with van der Waals surface area (Å²) in [5.74, 6) is -18.2. The van der Waals surface area contributed by atoms with Crippen molar-refractivity contribution >= 4 is 106 Å². The number of rotatable bonds is 50. The summed E-state index contributed by atoms with van der Waals surface area (Å²) in [6, 6.07) is -8.98. The second-order valence-corrected chi connectivity index (χ2v) is 21.9. The molecule has 0 aliphatic rings. The van der Waals surface area contributed by atoms with Crippen LogP contribution < -0.4 is 108 Å². The number of aromatic hydroxyl groups is 1. The van der Waals surface area contributed by atoms with Crippen LogP contribution in [0.2, 0.25) is 0 Å². The Morgan fingerprint density at radius 2 is 0.569 bits per heavy atom. The van der Waals surface area contributed by atoms with Gasteiger partial charge in [-0.1, -0.05) is 12.1 Å². The monoisotopic (exact) mass is 1460 g/mol. The number of benzene rings is 1. The van der Waals surface area contributed by atoms with Gasteiger partial charge in [0.25, 0.3) is 0 Å². The summed E-state index contributed by atoms with van der Waals surface area (Å²) >= 11 is 0. The van der Waals surface area contributed by atoms with E-state index in [0.717, 1.165) is 6.92 Å². The number of nitrogens with two attached hydrogens (primary N) is 3. The van der Waals surface area contributed by atoms with Crippen molar-refractivity contribution in [1.82, 2.24) is 90.4 Å². The van der Waals surface area contributed by atoms with Gasteiger partial charge in [-0.3, -0.25) is 86.3 Å². The molecule has 570 valence electrons. The molecule has 1 aromatic carbocycles. The molecule has 0 aromatic heterocycles. The zero-order valence-corrected chi connectivity index (χ0v) is 55.5. The van der Waals surface area contributed by atoms with Crippen LogP contribution in [0, 0.1) is 0 Å². The van der Waals surface area contributed by atoms with E-state index in [2.05, 4.69) is 90.4 Å². The fraction of sp³-hybridized carbons (Fsp3) is 0.579. The number of aliphatic hydroxyl groups excluding tert-OH is 6. The summed E-state index contributed by atoms with van der Waals surface area (Å²) in [6.07, 6.45) is 1.10. The van der Waals surface area contributed by atoms with E-state index in [0.29, 0.717) is 31.2 Å². The highest BCUT2D eigenvalue weighted by Crippen LogP contribution is 2.12. The molecule has 0 aliphatic carbocycles. The minimum Gasteiger partial charge on any atom is -0.508 e. The van der Waals surface area contributed by atoms with E-state index in [1.54, 1.807) is 0 Å². The summed E-state index contributed by atoms with van der Waals surface area (Å²) in [4.78, 5) is 227. The van der Waals surface area contributed by atoms with Gasteiger partial charge < -0.3 is 143 Å². The zero-order valence-electron chi connectivity index (χ0n) is 55.5. The highest BCUT2D eigenvalue weighted by atomic mass is 16.3. The molecule has 1 aromatic rings. The van der Waals surface area contributed by atoms with Crippen molar-refractivity contribution in [3.63, 3.8) is 0 Å². The van der Waals surface area contributed by atoms with Crippen LogP contribution in [0.1, 0.15) is 51.0 Å². The van der Waals surface area contributed by atoms with Crippen molar-refractivity contribution in [3.8, 4) is 5.75 Å². The third-order valence-corrected chi connectivity index (χ3v) is 13.7. The van der Waals surface area contributed by atoms with Gasteiger partial charge >= 0.3 is 0 Å². The van der Waals surface area contributed by atoms with Gasteiger partial charge in [-0.15, -0.1) is 0 Å². The van der Waals surface area contributed by atoms with Crippen LogP contribution in [0.5, 0.6) is 5.75 Å². The lowest BCUT2D eigenvalue weighted by atomic mass is 10.0. The first-order chi connectivity index (χ1) is 48.4. The predicted octanol–water partition coefficient (Wildman–Crippen LogP) is -17.1. The van der Waals surface area contributed by atoms with Crippen molar-refractivity contribution in [2.75, 3.05) is 105 Å². The summed E-state index contributed by atoms with van der Waals surface area (Å²) in [6.45, 7) is -10.6. The average Bonchev–Trinajstić information content (AvgIpc) is 0.870. The molecule has 0 spiro atoms. The third kappa shape index (κ3) is 36.8. The fourth-order valence-corrected chi connectivity index (χ4v) is 8.18. The quantitative estimate of drug-likeness (QED) is 0.0269. The number of hydrogen-bond acceptors (Lipinski definition) is 27. The number of primary amides is 1. The molecule has 45 nitrogen and oxygen atoms in total. The molecule has 30 N–H and O–H groups in total. The lowest BCUT2D eigenvalue weighted by Crippen LogP contribution is -2.59. The van der Waals surface area contributed by atoms with Gasteiger partial charge in [-0.25, -0.2) is 0 Å². The molecule has 0 bridgehead atoms. The maximum absolute atomic E-state index is 13.7. The highest BCUT2D eigenvalue weighted by molar-refractivity contribution is 5.99.